The van der Waals surface area contributed by atoms with Crippen LogP contribution in [0.4, 0.5) is 10.1 Å². The third-order valence-corrected chi connectivity index (χ3v) is 8.04. The van der Waals surface area contributed by atoms with Crippen molar-refractivity contribution in [3.8, 4) is 5.75 Å². The predicted octanol–water partition coefficient (Wildman–Crippen LogP) is 4.12. The second-order valence-corrected chi connectivity index (χ2v) is 10.3. The van der Waals surface area contributed by atoms with E-state index in [4.69, 9.17) is 9.47 Å². The minimum Gasteiger partial charge on any atom is -0.497 e. The van der Waals surface area contributed by atoms with Gasteiger partial charge in [-0.2, -0.15) is 0 Å². The molecule has 1 saturated heterocycles. The Balaban J connectivity index is 1.61. The maximum absolute atomic E-state index is 13.5. The van der Waals surface area contributed by atoms with Gasteiger partial charge in [-0.3, -0.25) is 9.21 Å². The van der Waals surface area contributed by atoms with Crippen LogP contribution in [0.3, 0.4) is 0 Å². The van der Waals surface area contributed by atoms with E-state index >= 15 is 0 Å². The molecule has 170 valence electrons. The average Bonchev–Trinajstić information content (AvgIpc) is 3.25. The van der Waals surface area contributed by atoms with Crippen LogP contribution in [0.5, 0.6) is 5.75 Å². The quantitative estimate of drug-likeness (QED) is 0.490. The number of nitrogens with zero attached hydrogens (tertiary/aromatic N) is 2. The van der Waals surface area contributed by atoms with Gasteiger partial charge in [0.1, 0.15) is 11.6 Å². The molecular formula is C23H25FN2O4S2. The van der Waals surface area contributed by atoms with Crippen molar-refractivity contribution in [3.63, 3.8) is 0 Å². The molecule has 1 aliphatic rings. The van der Waals surface area contributed by atoms with E-state index in [2.05, 4.69) is 16.3 Å². The van der Waals surface area contributed by atoms with Crippen LogP contribution in [0.15, 0.2) is 64.9 Å². The van der Waals surface area contributed by atoms with Crippen LogP contribution < -0.4 is 9.04 Å². The molecule has 3 aromatic rings. The maximum atomic E-state index is 13.5. The lowest BCUT2D eigenvalue weighted by molar-refractivity contribution is 0.0342. The zero-order valence-corrected chi connectivity index (χ0v) is 19.4. The number of hydrogen-bond acceptors (Lipinski definition) is 6. The normalized spacial score (nSPS) is 14.9. The fraction of sp³-hybridized carbons (Fsp3) is 0.304. The van der Waals surface area contributed by atoms with Crippen LogP contribution in [-0.2, 0) is 27.8 Å². The topological polar surface area (TPSA) is 59.1 Å². The van der Waals surface area contributed by atoms with Gasteiger partial charge in [-0.1, -0.05) is 0 Å². The van der Waals surface area contributed by atoms with E-state index in [1.165, 1.54) is 27.8 Å². The molecular weight excluding hydrogens is 451 g/mol. The number of benzene rings is 2. The number of sulfonamides is 1. The summed E-state index contributed by atoms with van der Waals surface area (Å²) in [6.45, 7) is 4.24. The Morgan fingerprint density at radius 1 is 1.09 bits per heavy atom. The van der Waals surface area contributed by atoms with Crippen molar-refractivity contribution < 1.29 is 22.3 Å². The predicted molar refractivity (Wildman–Crippen MR) is 123 cm³/mol. The van der Waals surface area contributed by atoms with Crippen LogP contribution in [-0.4, -0.2) is 46.7 Å². The van der Waals surface area contributed by atoms with E-state index in [9.17, 15) is 12.8 Å². The SMILES string of the molecule is COc1ccc(N(Cc2cc(CN3CCOCC3)cs2)S(=O)(=O)c2ccc(F)cc2)cc1. The van der Waals surface area contributed by atoms with Gasteiger partial charge in [0.15, 0.2) is 0 Å². The molecule has 0 unspecified atom stereocenters. The first-order chi connectivity index (χ1) is 15.5. The zero-order valence-electron chi connectivity index (χ0n) is 17.7. The Morgan fingerprint density at radius 3 is 2.44 bits per heavy atom. The van der Waals surface area contributed by atoms with Crippen LogP contribution in [0.2, 0.25) is 0 Å². The van der Waals surface area contributed by atoms with Crippen molar-refractivity contribution in [1.29, 1.82) is 0 Å². The van der Waals surface area contributed by atoms with Gasteiger partial charge in [0.05, 0.1) is 37.5 Å². The highest BCUT2D eigenvalue weighted by molar-refractivity contribution is 7.92. The highest BCUT2D eigenvalue weighted by Crippen LogP contribution is 2.29. The molecule has 0 bridgehead atoms. The van der Waals surface area contributed by atoms with Gasteiger partial charge in [-0.15, -0.1) is 11.3 Å². The first-order valence-electron chi connectivity index (χ1n) is 10.2. The molecule has 0 saturated carbocycles. The van der Waals surface area contributed by atoms with E-state index < -0.39 is 15.8 Å². The van der Waals surface area contributed by atoms with Gasteiger partial charge in [0.2, 0.25) is 0 Å². The molecule has 1 fully saturated rings. The second kappa shape index (κ2) is 9.99. The monoisotopic (exact) mass is 476 g/mol. The number of rotatable bonds is 8. The molecule has 0 aliphatic carbocycles. The van der Waals surface area contributed by atoms with Crippen LogP contribution in [0.25, 0.3) is 0 Å². The average molecular weight is 477 g/mol. The number of hydrogen-bond donors (Lipinski definition) is 0. The minimum atomic E-state index is -3.90. The Kier molecular flexibility index (Phi) is 7.10. The molecule has 2 heterocycles. The van der Waals surface area contributed by atoms with Crippen LogP contribution >= 0.6 is 11.3 Å². The Labute approximate surface area is 191 Å². The highest BCUT2D eigenvalue weighted by atomic mass is 32.2. The van der Waals surface area contributed by atoms with Gasteiger partial charge in [-0.05, 0) is 65.5 Å². The summed E-state index contributed by atoms with van der Waals surface area (Å²) in [6, 6.07) is 13.8. The van der Waals surface area contributed by atoms with Crippen molar-refractivity contribution in [1.82, 2.24) is 4.90 Å². The number of anilines is 1. The summed E-state index contributed by atoms with van der Waals surface area (Å²) in [7, 11) is -2.34. The molecule has 0 atom stereocenters. The third-order valence-electron chi connectivity index (χ3n) is 5.28. The smallest absolute Gasteiger partial charge is 0.264 e. The highest BCUT2D eigenvalue weighted by Gasteiger charge is 2.26. The van der Waals surface area contributed by atoms with Gasteiger partial charge in [-0.25, -0.2) is 12.8 Å². The number of thiophene rings is 1. The minimum absolute atomic E-state index is 0.0415. The largest absolute Gasteiger partial charge is 0.497 e. The van der Waals surface area contributed by atoms with Crippen molar-refractivity contribution in [2.45, 2.75) is 18.0 Å². The fourth-order valence-corrected chi connectivity index (χ4v) is 5.94. The number of morpholine rings is 1. The van der Waals surface area contributed by atoms with Crippen LogP contribution in [0.1, 0.15) is 10.4 Å². The van der Waals surface area contributed by atoms with Gasteiger partial charge >= 0.3 is 0 Å². The van der Waals surface area contributed by atoms with E-state index in [1.807, 2.05) is 0 Å². The second-order valence-electron chi connectivity index (χ2n) is 7.47. The first-order valence-corrected chi connectivity index (χ1v) is 12.6. The molecule has 4 rings (SSSR count). The van der Waals surface area contributed by atoms with E-state index in [0.717, 1.165) is 55.4 Å². The Hall–Kier alpha value is -2.46. The molecule has 0 spiro atoms. The lowest BCUT2D eigenvalue weighted by atomic mass is 10.2. The summed E-state index contributed by atoms with van der Waals surface area (Å²) < 4.78 is 52.3. The number of halogens is 1. The summed E-state index contributed by atoms with van der Waals surface area (Å²) >= 11 is 1.53. The molecule has 0 amide bonds. The zero-order chi connectivity index (χ0) is 22.6. The van der Waals surface area contributed by atoms with Gasteiger partial charge in [0.25, 0.3) is 10.0 Å². The van der Waals surface area contributed by atoms with E-state index in [0.29, 0.717) is 11.4 Å². The van der Waals surface area contributed by atoms with Crippen molar-refractivity contribution in [2.75, 3.05) is 37.7 Å². The molecule has 1 aromatic heterocycles. The van der Waals surface area contributed by atoms with Gasteiger partial charge in [0, 0.05) is 24.5 Å². The molecule has 2 aromatic carbocycles. The Morgan fingerprint density at radius 2 is 1.78 bits per heavy atom. The van der Waals surface area contributed by atoms with Crippen LogP contribution in [0, 0.1) is 5.82 Å². The molecule has 1 aliphatic heterocycles. The maximum Gasteiger partial charge on any atom is 0.264 e. The summed E-state index contributed by atoms with van der Waals surface area (Å²) in [5.74, 6) is 0.155. The van der Waals surface area contributed by atoms with E-state index in [-0.39, 0.29) is 11.4 Å². The first kappa shape index (κ1) is 22.7. The molecule has 32 heavy (non-hydrogen) atoms. The molecule has 0 N–H and O–H groups in total. The summed E-state index contributed by atoms with van der Waals surface area (Å²) in [5.41, 5.74) is 1.67. The summed E-state index contributed by atoms with van der Waals surface area (Å²) in [5, 5.41) is 2.07. The number of methoxy groups -OCH3 is 1. The lowest BCUT2D eigenvalue weighted by Gasteiger charge is -2.26. The van der Waals surface area contributed by atoms with Crippen molar-refractivity contribution >= 4 is 27.0 Å². The molecule has 9 heteroatoms. The lowest BCUT2D eigenvalue weighted by Crippen LogP contribution is -2.35. The van der Waals surface area contributed by atoms with Gasteiger partial charge < -0.3 is 9.47 Å². The summed E-state index contributed by atoms with van der Waals surface area (Å²) in [4.78, 5) is 3.29. The standard InChI is InChI=1S/C23H25FN2O4S2/c1-29-21-6-4-20(5-7-21)26(32(27,28)23-8-2-19(24)3-9-23)16-22-14-18(17-31-22)15-25-10-12-30-13-11-25/h2-9,14,17H,10-13,15-16H2,1H3. The Bertz CT molecular complexity index is 1130. The van der Waals surface area contributed by atoms with Crippen molar-refractivity contribution in [3.05, 3.63) is 76.2 Å². The fourth-order valence-electron chi connectivity index (χ4n) is 3.55. The number of ether oxygens (including phenoxy) is 2. The third kappa shape index (κ3) is 5.29. The summed E-state index contributed by atoms with van der Waals surface area (Å²) in [6.07, 6.45) is 0. The molecule has 6 nitrogen and oxygen atoms in total. The van der Waals surface area contributed by atoms with E-state index in [1.54, 1.807) is 31.4 Å². The van der Waals surface area contributed by atoms with Crippen molar-refractivity contribution in [2.24, 2.45) is 0 Å². The molecule has 0 radical (unpaired) electrons.